The molecule has 0 unspecified atom stereocenters. The van der Waals surface area contributed by atoms with Gasteiger partial charge in [0.1, 0.15) is 22.7 Å². The van der Waals surface area contributed by atoms with E-state index in [4.69, 9.17) is 15.1 Å². The van der Waals surface area contributed by atoms with Crippen LogP contribution in [0.4, 0.5) is 0 Å². The van der Waals surface area contributed by atoms with Crippen molar-refractivity contribution in [2.24, 2.45) is 5.73 Å². The average molecular weight is 427 g/mol. The van der Waals surface area contributed by atoms with E-state index in [1.165, 1.54) is 5.56 Å². The molecule has 32 heavy (non-hydrogen) atoms. The summed E-state index contributed by atoms with van der Waals surface area (Å²) in [6, 6.07) is 6.81. The predicted molar refractivity (Wildman–Crippen MR) is 120 cm³/mol. The van der Waals surface area contributed by atoms with Crippen molar-refractivity contribution >= 4 is 5.91 Å². The maximum absolute atomic E-state index is 12.2. The van der Waals surface area contributed by atoms with Gasteiger partial charge >= 0.3 is 0 Å². The monoisotopic (exact) mass is 426 g/mol. The first kappa shape index (κ1) is 19.4. The molecule has 2 fully saturated rings. The first-order valence-electron chi connectivity index (χ1n) is 11.3. The van der Waals surface area contributed by atoms with Gasteiger partial charge in [-0.15, -0.1) is 0 Å². The van der Waals surface area contributed by atoms with Crippen LogP contribution in [0.15, 0.2) is 28.8 Å². The predicted octanol–water partition coefficient (Wildman–Crippen LogP) is 4.58. The van der Waals surface area contributed by atoms with Crippen molar-refractivity contribution < 1.29 is 9.21 Å². The number of carbonyl (C=O) groups is 1. The van der Waals surface area contributed by atoms with E-state index in [0.717, 1.165) is 54.1 Å². The largest absolute Gasteiger partial charge is 0.444 e. The Balaban J connectivity index is 1.46. The fourth-order valence-corrected chi connectivity index (χ4v) is 5.09. The Kier molecular flexibility index (Phi) is 3.98. The van der Waals surface area contributed by atoms with Crippen molar-refractivity contribution in [2.45, 2.75) is 69.7 Å². The summed E-state index contributed by atoms with van der Waals surface area (Å²) in [5, 5.41) is 0. The lowest BCUT2D eigenvalue weighted by molar-refractivity contribution is 0.0994. The molecule has 2 aliphatic heterocycles. The second kappa shape index (κ2) is 6.59. The molecule has 2 aromatic heterocycles. The van der Waals surface area contributed by atoms with E-state index in [1.54, 1.807) is 6.20 Å². The fraction of sp³-hybridized carbons (Fsp3) is 0.423. The zero-order valence-corrected chi connectivity index (χ0v) is 18.6. The molecule has 0 radical (unpaired) electrons. The Morgan fingerprint density at radius 2 is 2.03 bits per heavy atom. The molecule has 1 amide bonds. The summed E-state index contributed by atoms with van der Waals surface area (Å²) >= 11 is 0. The normalized spacial score (nSPS) is 21.0. The Morgan fingerprint density at radius 3 is 2.69 bits per heavy atom. The van der Waals surface area contributed by atoms with Gasteiger partial charge in [0.15, 0.2) is 0 Å². The molecule has 7 rings (SSSR count). The highest BCUT2D eigenvalue weighted by Crippen LogP contribution is 2.55. The van der Waals surface area contributed by atoms with E-state index in [1.807, 2.05) is 20.8 Å². The number of nitrogens with two attached hydrogens (primary N) is 1. The van der Waals surface area contributed by atoms with Crippen molar-refractivity contribution in [3.63, 3.8) is 0 Å². The summed E-state index contributed by atoms with van der Waals surface area (Å²) in [5.74, 6) is 9.45. The number of rotatable bonds is 3. The van der Waals surface area contributed by atoms with Crippen LogP contribution in [-0.2, 0) is 5.41 Å². The number of imidazole rings is 1. The number of aryl methyl sites for hydroxylation is 1. The smallest absolute Gasteiger partial charge is 0.269 e. The topological polar surface area (TPSA) is 86.9 Å². The summed E-state index contributed by atoms with van der Waals surface area (Å²) in [4.78, 5) is 21.4. The van der Waals surface area contributed by atoms with Crippen LogP contribution in [0.2, 0.25) is 0 Å². The van der Waals surface area contributed by atoms with E-state index in [9.17, 15) is 4.79 Å². The summed E-state index contributed by atoms with van der Waals surface area (Å²) in [7, 11) is 0. The number of benzene rings is 1. The lowest BCUT2D eigenvalue weighted by Gasteiger charge is -2.35. The number of aromatic nitrogens is 3. The molecule has 2 bridgehead atoms. The van der Waals surface area contributed by atoms with Crippen LogP contribution in [0, 0.1) is 18.8 Å². The molecule has 1 aromatic carbocycles. The molecule has 3 aromatic rings. The van der Waals surface area contributed by atoms with E-state index in [2.05, 4.69) is 39.6 Å². The second-order valence-corrected chi connectivity index (χ2v) is 9.95. The molecule has 0 spiro atoms. The Morgan fingerprint density at radius 1 is 1.25 bits per heavy atom. The van der Waals surface area contributed by atoms with Gasteiger partial charge in [-0.3, -0.25) is 4.79 Å². The summed E-state index contributed by atoms with van der Waals surface area (Å²) in [5.41, 5.74) is 10.1. The third-order valence-corrected chi connectivity index (χ3v) is 7.03. The highest BCUT2D eigenvalue weighted by Gasteiger charge is 2.44. The molecular weight excluding hydrogens is 400 g/mol. The zero-order valence-electron chi connectivity index (χ0n) is 18.6. The lowest BCUT2D eigenvalue weighted by Crippen LogP contribution is -2.25. The molecular formula is C26H26N4O2. The van der Waals surface area contributed by atoms with Crippen molar-refractivity contribution in [2.75, 3.05) is 0 Å². The van der Waals surface area contributed by atoms with Crippen LogP contribution in [0.25, 0.3) is 11.4 Å². The van der Waals surface area contributed by atoms with Gasteiger partial charge < -0.3 is 14.7 Å². The molecule has 6 heteroatoms. The summed E-state index contributed by atoms with van der Waals surface area (Å²) < 4.78 is 8.04. The number of amides is 1. The highest BCUT2D eigenvalue weighted by atomic mass is 16.4. The van der Waals surface area contributed by atoms with E-state index < -0.39 is 11.3 Å². The number of carbonyl (C=O) groups excluding carboxylic acids is 1. The average Bonchev–Trinajstić information content (AvgIpc) is 3.40. The van der Waals surface area contributed by atoms with Gasteiger partial charge in [-0.05, 0) is 70.1 Å². The molecule has 0 saturated heterocycles. The van der Waals surface area contributed by atoms with Crippen molar-refractivity contribution in [3.05, 3.63) is 58.6 Å². The van der Waals surface area contributed by atoms with Crippen LogP contribution in [-0.4, -0.2) is 20.4 Å². The Labute approximate surface area is 187 Å². The molecule has 2 N–H and O–H groups in total. The Bertz CT molecular complexity index is 1320. The highest BCUT2D eigenvalue weighted by molar-refractivity contribution is 5.93. The van der Waals surface area contributed by atoms with Crippen molar-refractivity contribution in [1.29, 1.82) is 0 Å². The van der Waals surface area contributed by atoms with Crippen molar-refractivity contribution in [3.8, 4) is 23.2 Å². The minimum atomic E-state index is -0.501. The molecule has 4 aliphatic rings. The number of hydrogen-bond acceptors (Lipinski definition) is 4. The standard InChI is InChI=1S/C26H26N4O2/c1-14-13-28-25(32-14)26(2,3)9-8-15-4-7-19-17-11-18(12-17)30-22(16-5-6-16)21(23(27)31)29-24(30)20(19)10-15/h4,7,10,13,16-18H,5-6,11-12H2,1-3H3,(H2,27,31). The van der Waals surface area contributed by atoms with Crippen LogP contribution < -0.4 is 5.73 Å². The van der Waals surface area contributed by atoms with Gasteiger partial charge in [-0.1, -0.05) is 17.9 Å². The maximum Gasteiger partial charge on any atom is 0.269 e. The SMILES string of the molecule is Cc1cnc(C(C)(C)C#Cc2ccc3c(c2)-c2nc(C(N)=O)c(C4CC4)n2C2CC3C2)o1. The third-order valence-electron chi connectivity index (χ3n) is 7.03. The zero-order chi connectivity index (χ0) is 22.2. The summed E-state index contributed by atoms with van der Waals surface area (Å²) in [6.45, 7) is 5.91. The lowest BCUT2D eigenvalue weighted by atomic mass is 9.75. The number of primary amides is 1. The number of nitrogens with zero attached hydrogens (tertiary/aromatic N) is 3. The van der Waals surface area contributed by atoms with Gasteiger partial charge in [0.05, 0.1) is 11.9 Å². The van der Waals surface area contributed by atoms with Crippen molar-refractivity contribution in [1.82, 2.24) is 14.5 Å². The molecule has 2 aliphatic carbocycles. The minimum Gasteiger partial charge on any atom is -0.444 e. The molecule has 2 saturated carbocycles. The van der Waals surface area contributed by atoms with E-state index in [0.29, 0.717) is 29.5 Å². The first-order chi connectivity index (χ1) is 15.3. The number of oxazole rings is 1. The van der Waals surface area contributed by atoms with E-state index >= 15 is 0 Å². The minimum absolute atomic E-state index is 0.403. The van der Waals surface area contributed by atoms with E-state index in [-0.39, 0.29) is 0 Å². The third kappa shape index (κ3) is 2.91. The maximum atomic E-state index is 12.2. The quantitative estimate of drug-likeness (QED) is 0.621. The van der Waals surface area contributed by atoms with Gasteiger partial charge in [0.25, 0.3) is 5.91 Å². The molecule has 6 nitrogen and oxygen atoms in total. The number of hydrogen-bond donors (Lipinski definition) is 1. The molecule has 4 heterocycles. The van der Waals surface area contributed by atoms with Gasteiger partial charge in [-0.25, -0.2) is 9.97 Å². The van der Waals surface area contributed by atoms with Crippen LogP contribution >= 0.6 is 0 Å². The second-order valence-electron chi connectivity index (χ2n) is 9.95. The molecule has 0 atom stereocenters. The van der Waals surface area contributed by atoms with Crippen LogP contribution in [0.1, 0.15) is 96.4 Å². The Hall–Kier alpha value is -3.33. The van der Waals surface area contributed by atoms with Gasteiger partial charge in [0, 0.05) is 23.1 Å². The first-order valence-corrected chi connectivity index (χ1v) is 11.3. The van der Waals surface area contributed by atoms with Crippen LogP contribution in [0.3, 0.4) is 0 Å². The molecule has 162 valence electrons. The van der Waals surface area contributed by atoms with Gasteiger partial charge in [-0.2, -0.15) is 0 Å². The fourth-order valence-electron chi connectivity index (χ4n) is 5.09. The van der Waals surface area contributed by atoms with Crippen LogP contribution in [0.5, 0.6) is 0 Å². The summed E-state index contributed by atoms with van der Waals surface area (Å²) in [6.07, 6.45) is 6.12. The van der Waals surface area contributed by atoms with Gasteiger partial charge in [0.2, 0.25) is 5.89 Å².